The Labute approximate surface area is 127 Å². The predicted octanol–water partition coefficient (Wildman–Crippen LogP) is 2.30. The highest BCUT2D eigenvalue weighted by Crippen LogP contribution is 2.32. The van der Waals surface area contributed by atoms with E-state index in [0.717, 1.165) is 22.2 Å². The van der Waals surface area contributed by atoms with Crippen molar-refractivity contribution in [2.24, 2.45) is 0 Å². The van der Waals surface area contributed by atoms with Gasteiger partial charge in [-0.3, -0.25) is 9.89 Å². The second kappa shape index (κ2) is 5.48. The van der Waals surface area contributed by atoms with Gasteiger partial charge in [0.25, 0.3) is 5.91 Å². The van der Waals surface area contributed by atoms with Gasteiger partial charge in [-0.05, 0) is 25.1 Å². The zero-order valence-electron chi connectivity index (χ0n) is 12.6. The van der Waals surface area contributed by atoms with Gasteiger partial charge >= 0.3 is 0 Å². The number of nitrogens with one attached hydrogen (secondary N) is 2. The molecule has 0 saturated carbocycles. The molecule has 6 nitrogen and oxygen atoms in total. The van der Waals surface area contributed by atoms with Gasteiger partial charge < -0.3 is 10.1 Å². The van der Waals surface area contributed by atoms with Crippen molar-refractivity contribution in [3.63, 3.8) is 0 Å². The van der Waals surface area contributed by atoms with E-state index in [9.17, 15) is 4.79 Å². The maximum absolute atomic E-state index is 11.8. The van der Waals surface area contributed by atoms with E-state index < -0.39 is 0 Å². The summed E-state index contributed by atoms with van der Waals surface area (Å²) in [4.78, 5) is 16.2. The number of methoxy groups -OCH3 is 1. The molecule has 112 valence electrons. The number of fused-ring (bicyclic) bond motifs is 1. The fourth-order valence-corrected chi connectivity index (χ4v) is 2.44. The number of nitrogens with zero attached hydrogens (tertiary/aromatic N) is 2. The molecule has 6 heteroatoms. The number of aromatic nitrogens is 3. The first-order chi connectivity index (χ1) is 10.6. The monoisotopic (exact) mass is 296 g/mol. The number of pyridine rings is 1. The van der Waals surface area contributed by atoms with Crippen LogP contribution in [0.4, 0.5) is 0 Å². The quantitative estimate of drug-likeness (QED) is 0.777. The molecule has 1 amide bonds. The van der Waals surface area contributed by atoms with Crippen LogP contribution in [0.25, 0.3) is 22.2 Å². The number of benzene rings is 1. The molecule has 2 aromatic heterocycles. The Bertz CT molecular complexity index is 854. The third kappa shape index (κ3) is 2.28. The average Bonchev–Trinajstić information content (AvgIpc) is 2.97. The Kier molecular flexibility index (Phi) is 3.50. The Morgan fingerprint density at radius 1 is 1.32 bits per heavy atom. The van der Waals surface area contributed by atoms with Crippen LogP contribution in [0.1, 0.15) is 16.1 Å². The number of hydrogen-bond donors (Lipinski definition) is 2. The normalized spacial score (nSPS) is 10.7. The number of carbonyl (C=O) groups excluding carboxylic acids is 1. The lowest BCUT2D eigenvalue weighted by atomic mass is 10.0. The van der Waals surface area contributed by atoms with Crippen LogP contribution >= 0.6 is 0 Å². The van der Waals surface area contributed by atoms with Crippen molar-refractivity contribution >= 4 is 16.8 Å². The minimum atomic E-state index is -0.136. The topological polar surface area (TPSA) is 79.9 Å². The molecule has 0 saturated heterocycles. The largest absolute Gasteiger partial charge is 0.480 e. The van der Waals surface area contributed by atoms with E-state index in [0.29, 0.717) is 17.1 Å². The first kappa shape index (κ1) is 14.1. The van der Waals surface area contributed by atoms with Crippen LogP contribution in [0.3, 0.4) is 0 Å². The SMILES string of the molecule is CNC(=O)c1cccc(-c2n[nH]c3cc(C)nc(OC)c23)c1. The van der Waals surface area contributed by atoms with Crippen LogP contribution in [0.15, 0.2) is 30.3 Å². The van der Waals surface area contributed by atoms with Gasteiger partial charge in [-0.1, -0.05) is 12.1 Å². The van der Waals surface area contributed by atoms with Crippen LogP contribution in [0.2, 0.25) is 0 Å². The average molecular weight is 296 g/mol. The highest BCUT2D eigenvalue weighted by Gasteiger charge is 2.16. The number of carbonyl (C=O) groups is 1. The Balaban J connectivity index is 2.21. The molecule has 3 aromatic rings. The molecule has 0 aliphatic heterocycles. The molecular formula is C16H16N4O2. The van der Waals surface area contributed by atoms with E-state index in [2.05, 4.69) is 20.5 Å². The smallest absolute Gasteiger partial charge is 0.251 e. The van der Waals surface area contributed by atoms with E-state index in [1.54, 1.807) is 26.3 Å². The molecule has 0 radical (unpaired) electrons. The second-order valence-electron chi connectivity index (χ2n) is 4.93. The molecule has 0 bridgehead atoms. The summed E-state index contributed by atoms with van der Waals surface area (Å²) in [7, 11) is 3.19. The van der Waals surface area contributed by atoms with Gasteiger partial charge in [0.2, 0.25) is 5.88 Å². The second-order valence-corrected chi connectivity index (χ2v) is 4.93. The summed E-state index contributed by atoms with van der Waals surface area (Å²) in [5.41, 5.74) is 3.82. The zero-order valence-corrected chi connectivity index (χ0v) is 12.6. The first-order valence-electron chi connectivity index (χ1n) is 6.86. The fraction of sp³-hybridized carbons (Fsp3) is 0.188. The molecule has 0 unspecified atom stereocenters. The standard InChI is InChI=1S/C16H16N4O2/c1-9-7-12-13(16(18-9)22-3)14(20-19-12)10-5-4-6-11(8-10)15(21)17-2/h4-8H,1-3H3,(H,17,21)(H,19,20). The highest BCUT2D eigenvalue weighted by atomic mass is 16.5. The summed E-state index contributed by atoms with van der Waals surface area (Å²) in [6.45, 7) is 1.90. The number of hydrogen-bond acceptors (Lipinski definition) is 4. The van der Waals surface area contributed by atoms with E-state index >= 15 is 0 Å². The summed E-state index contributed by atoms with van der Waals surface area (Å²) >= 11 is 0. The van der Waals surface area contributed by atoms with E-state index in [1.807, 2.05) is 25.1 Å². The van der Waals surface area contributed by atoms with Crippen molar-refractivity contribution < 1.29 is 9.53 Å². The van der Waals surface area contributed by atoms with E-state index in [-0.39, 0.29) is 5.91 Å². The molecule has 0 fully saturated rings. The van der Waals surface area contributed by atoms with E-state index in [4.69, 9.17) is 4.74 Å². The summed E-state index contributed by atoms with van der Waals surface area (Å²) in [6.07, 6.45) is 0. The molecule has 0 atom stereocenters. The molecule has 0 aliphatic rings. The number of H-pyrrole nitrogens is 1. The fourth-order valence-electron chi connectivity index (χ4n) is 2.44. The summed E-state index contributed by atoms with van der Waals surface area (Å²) in [6, 6.07) is 9.21. The van der Waals surface area contributed by atoms with Gasteiger partial charge in [0, 0.05) is 23.9 Å². The number of amides is 1. The van der Waals surface area contributed by atoms with Gasteiger partial charge in [-0.25, -0.2) is 4.98 Å². The van der Waals surface area contributed by atoms with Crippen LogP contribution in [-0.4, -0.2) is 35.2 Å². The third-order valence-electron chi connectivity index (χ3n) is 3.46. The molecule has 1 aromatic carbocycles. The van der Waals surface area contributed by atoms with Gasteiger partial charge in [0.1, 0.15) is 5.69 Å². The molecule has 3 rings (SSSR count). The summed E-state index contributed by atoms with van der Waals surface area (Å²) in [5, 5.41) is 10.8. The van der Waals surface area contributed by atoms with Gasteiger partial charge in [-0.2, -0.15) is 5.10 Å². The molecular weight excluding hydrogens is 280 g/mol. The lowest BCUT2D eigenvalue weighted by Crippen LogP contribution is -2.17. The van der Waals surface area contributed by atoms with Crippen LogP contribution in [0, 0.1) is 6.92 Å². The highest BCUT2D eigenvalue weighted by molar-refractivity contribution is 5.99. The van der Waals surface area contributed by atoms with Crippen molar-refractivity contribution in [2.45, 2.75) is 6.92 Å². The predicted molar refractivity (Wildman–Crippen MR) is 84.0 cm³/mol. The maximum atomic E-state index is 11.8. The number of ether oxygens (including phenoxy) is 1. The third-order valence-corrected chi connectivity index (χ3v) is 3.46. The molecule has 0 spiro atoms. The van der Waals surface area contributed by atoms with Crippen molar-refractivity contribution in [1.29, 1.82) is 0 Å². The van der Waals surface area contributed by atoms with Gasteiger partial charge in [-0.15, -0.1) is 0 Å². The zero-order chi connectivity index (χ0) is 15.7. The molecule has 2 heterocycles. The van der Waals surface area contributed by atoms with Crippen LogP contribution in [0.5, 0.6) is 5.88 Å². The summed E-state index contributed by atoms with van der Waals surface area (Å²) < 4.78 is 5.38. The van der Waals surface area contributed by atoms with Crippen molar-refractivity contribution in [2.75, 3.05) is 14.2 Å². The molecule has 0 aliphatic carbocycles. The maximum Gasteiger partial charge on any atom is 0.251 e. The lowest BCUT2D eigenvalue weighted by Gasteiger charge is -2.05. The van der Waals surface area contributed by atoms with Crippen LogP contribution in [-0.2, 0) is 0 Å². The minimum absolute atomic E-state index is 0.136. The lowest BCUT2D eigenvalue weighted by molar-refractivity contribution is 0.0963. The first-order valence-corrected chi connectivity index (χ1v) is 6.86. The number of aromatic amines is 1. The molecule has 22 heavy (non-hydrogen) atoms. The van der Waals surface area contributed by atoms with E-state index in [1.165, 1.54) is 0 Å². The van der Waals surface area contributed by atoms with Gasteiger partial charge in [0.15, 0.2) is 0 Å². The minimum Gasteiger partial charge on any atom is -0.480 e. The van der Waals surface area contributed by atoms with Crippen molar-refractivity contribution in [3.05, 3.63) is 41.6 Å². The number of rotatable bonds is 3. The Morgan fingerprint density at radius 3 is 2.86 bits per heavy atom. The Hall–Kier alpha value is -2.89. The van der Waals surface area contributed by atoms with Crippen LogP contribution < -0.4 is 10.1 Å². The Morgan fingerprint density at radius 2 is 2.14 bits per heavy atom. The van der Waals surface area contributed by atoms with Crippen molar-refractivity contribution in [1.82, 2.24) is 20.5 Å². The number of aryl methyl sites for hydroxylation is 1. The van der Waals surface area contributed by atoms with Crippen molar-refractivity contribution in [3.8, 4) is 17.1 Å². The molecule has 2 N–H and O–H groups in total. The summed E-state index contributed by atoms with van der Waals surface area (Å²) in [5.74, 6) is 0.381. The van der Waals surface area contributed by atoms with Gasteiger partial charge in [0.05, 0.1) is 18.0 Å².